The Balaban J connectivity index is 2.06. The van der Waals surface area contributed by atoms with Crippen molar-refractivity contribution < 1.29 is 14.6 Å². The molecule has 1 aromatic rings. The number of nitrogens with zero attached hydrogens (tertiary/aromatic N) is 2. The number of hydrogen-bond acceptors (Lipinski definition) is 5. The van der Waals surface area contributed by atoms with Gasteiger partial charge < -0.3 is 15.2 Å². The van der Waals surface area contributed by atoms with E-state index in [4.69, 9.17) is 4.74 Å². The van der Waals surface area contributed by atoms with Gasteiger partial charge in [-0.25, -0.2) is 4.98 Å². The molecule has 0 bridgehead atoms. The Morgan fingerprint density at radius 2 is 2.21 bits per heavy atom. The molecule has 19 heavy (non-hydrogen) atoms. The van der Waals surface area contributed by atoms with E-state index in [1.54, 1.807) is 0 Å². The number of hydrogen-bond donors (Lipinski definition) is 3. The first-order valence-electron chi connectivity index (χ1n) is 6.50. The van der Waals surface area contributed by atoms with Crippen LogP contribution in [0.4, 0.5) is 0 Å². The minimum atomic E-state index is -0.617. The summed E-state index contributed by atoms with van der Waals surface area (Å²) in [4.78, 5) is 16.3. The predicted molar refractivity (Wildman–Crippen MR) is 67.8 cm³/mol. The highest BCUT2D eigenvalue weighted by Gasteiger charge is 2.34. The average Bonchev–Trinajstić information content (AvgIpc) is 2.89. The molecule has 1 fully saturated rings. The number of aromatic nitrogens is 3. The minimum Gasteiger partial charge on any atom is -0.394 e. The van der Waals surface area contributed by atoms with Crippen LogP contribution in [0.5, 0.6) is 0 Å². The molecule has 2 heterocycles. The molecule has 0 radical (unpaired) electrons. The number of H-pyrrole nitrogens is 1. The average molecular weight is 268 g/mol. The van der Waals surface area contributed by atoms with Gasteiger partial charge in [-0.1, -0.05) is 13.8 Å². The second kappa shape index (κ2) is 5.66. The zero-order chi connectivity index (χ0) is 13.9. The van der Waals surface area contributed by atoms with Crippen molar-refractivity contribution in [1.29, 1.82) is 0 Å². The molecular weight excluding hydrogens is 248 g/mol. The molecule has 1 aliphatic heterocycles. The number of rotatable bonds is 4. The molecule has 1 aliphatic rings. The summed E-state index contributed by atoms with van der Waals surface area (Å²) in [6, 6.07) is 0. The molecule has 2 rings (SSSR count). The summed E-state index contributed by atoms with van der Waals surface area (Å²) in [5.74, 6) is 0.612. The minimum absolute atomic E-state index is 0.108. The third kappa shape index (κ3) is 3.10. The molecule has 0 spiro atoms. The molecule has 1 amide bonds. The van der Waals surface area contributed by atoms with Crippen LogP contribution in [0, 0.1) is 0 Å². The number of aromatic amines is 1. The summed E-state index contributed by atoms with van der Waals surface area (Å²) in [7, 11) is 0. The molecule has 1 saturated heterocycles. The lowest BCUT2D eigenvalue weighted by molar-refractivity contribution is 0.0123. The van der Waals surface area contributed by atoms with Crippen molar-refractivity contribution in [2.24, 2.45) is 0 Å². The van der Waals surface area contributed by atoms with Gasteiger partial charge >= 0.3 is 0 Å². The van der Waals surface area contributed by atoms with Crippen molar-refractivity contribution in [2.45, 2.75) is 38.1 Å². The Bertz CT molecular complexity index is 438. The second-order valence-corrected chi connectivity index (χ2v) is 5.20. The first-order chi connectivity index (χ1) is 9.06. The highest BCUT2D eigenvalue weighted by atomic mass is 16.5. The summed E-state index contributed by atoms with van der Waals surface area (Å²) in [6.07, 6.45) is 1.19. The Morgan fingerprint density at radius 1 is 1.53 bits per heavy atom. The van der Waals surface area contributed by atoms with Crippen LogP contribution in [-0.2, 0) is 4.74 Å². The number of nitrogens with one attached hydrogen (secondary N) is 2. The molecule has 0 saturated carbocycles. The molecule has 7 nitrogen and oxygen atoms in total. The van der Waals surface area contributed by atoms with E-state index < -0.39 is 5.54 Å². The van der Waals surface area contributed by atoms with E-state index in [0.29, 0.717) is 31.9 Å². The van der Waals surface area contributed by atoms with Gasteiger partial charge in [0.25, 0.3) is 5.91 Å². The maximum Gasteiger partial charge on any atom is 0.291 e. The van der Waals surface area contributed by atoms with Crippen molar-refractivity contribution in [3.8, 4) is 0 Å². The van der Waals surface area contributed by atoms with E-state index in [1.807, 2.05) is 13.8 Å². The fourth-order valence-electron chi connectivity index (χ4n) is 2.02. The van der Waals surface area contributed by atoms with Crippen LogP contribution in [0.25, 0.3) is 0 Å². The van der Waals surface area contributed by atoms with Gasteiger partial charge in [-0.05, 0) is 12.8 Å². The third-order valence-electron chi connectivity index (χ3n) is 3.38. The lowest BCUT2D eigenvalue weighted by atomic mass is 9.91. The molecule has 1 aromatic heterocycles. The number of amides is 1. The van der Waals surface area contributed by atoms with Crippen LogP contribution >= 0.6 is 0 Å². The van der Waals surface area contributed by atoms with Crippen LogP contribution in [0.1, 0.15) is 49.1 Å². The summed E-state index contributed by atoms with van der Waals surface area (Å²) < 4.78 is 5.25. The van der Waals surface area contributed by atoms with Crippen LogP contribution in [0.2, 0.25) is 0 Å². The molecule has 0 aromatic carbocycles. The van der Waals surface area contributed by atoms with E-state index in [-0.39, 0.29) is 24.3 Å². The smallest absolute Gasteiger partial charge is 0.291 e. The van der Waals surface area contributed by atoms with Gasteiger partial charge in [-0.2, -0.15) is 0 Å². The summed E-state index contributed by atoms with van der Waals surface area (Å²) in [6.45, 7) is 4.90. The van der Waals surface area contributed by atoms with E-state index in [9.17, 15) is 9.90 Å². The molecule has 0 unspecified atom stereocenters. The van der Waals surface area contributed by atoms with E-state index in [1.165, 1.54) is 0 Å². The first kappa shape index (κ1) is 14.0. The molecule has 0 atom stereocenters. The lowest BCUT2D eigenvalue weighted by Crippen LogP contribution is -2.54. The van der Waals surface area contributed by atoms with Gasteiger partial charge in [0.1, 0.15) is 5.82 Å². The normalized spacial score (nSPS) is 18.5. The van der Waals surface area contributed by atoms with E-state index in [0.717, 1.165) is 0 Å². The van der Waals surface area contributed by atoms with E-state index in [2.05, 4.69) is 20.5 Å². The molecule has 3 N–H and O–H groups in total. The molecular formula is C12H20N4O3. The van der Waals surface area contributed by atoms with Gasteiger partial charge in [0.05, 0.1) is 12.1 Å². The summed E-state index contributed by atoms with van der Waals surface area (Å²) >= 11 is 0. The monoisotopic (exact) mass is 268 g/mol. The molecule has 106 valence electrons. The SMILES string of the molecule is CC(C)c1nc(C(=O)NC2(CO)CCOCC2)n[nH]1. The van der Waals surface area contributed by atoms with Crippen molar-refractivity contribution >= 4 is 5.91 Å². The van der Waals surface area contributed by atoms with Gasteiger partial charge in [0.2, 0.25) is 5.82 Å². The van der Waals surface area contributed by atoms with E-state index >= 15 is 0 Å². The molecule has 7 heteroatoms. The standard InChI is InChI=1S/C12H20N4O3/c1-8(2)9-13-10(16-15-9)11(18)14-12(7-17)3-5-19-6-4-12/h8,17H,3-7H2,1-2H3,(H,14,18)(H,13,15,16). The van der Waals surface area contributed by atoms with Gasteiger partial charge in [-0.3, -0.25) is 9.89 Å². The Kier molecular flexibility index (Phi) is 4.16. The van der Waals surface area contributed by atoms with Crippen molar-refractivity contribution in [2.75, 3.05) is 19.8 Å². The lowest BCUT2D eigenvalue weighted by Gasteiger charge is -2.35. The highest BCUT2D eigenvalue weighted by Crippen LogP contribution is 2.20. The number of carbonyl (C=O) groups excluding carboxylic acids is 1. The number of aliphatic hydroxyl groups excluding tert-OH is 1. The summed E-state index contributed by atoms with van der Waals surface area (Å²) in [5, 5.41) is 19.0. The van der Waals surface area contributed by atoms with Crippen LogP contribution in [0.3, 0.4) is 0 Å². The predicted octanol–water partition coefficient (Wildman–Crippen LogP) is 0.199. The Labute approximate surface area is 111 Å². The van der Waals surface area contributed by atoms with Crippen LogP contribution < -0.4 is 5.32 Å². The maximum absolute atomic E-state index is 12.1. The Hall–Kier alpha value is -1.47. The van der Waals surface area contributed by atoms with Crippen molar-refractivity contribution in [3.63, 3.8) is 0 Å². The second-order valence-electron chi connectivity index (χ2n) is 5.20. The Morgan fingerprint density at radius 3 is 2.74 bits per heavy atom. The van der Waals surface area contributed by atoms with Gasteiger partial charge in [0.15, 0.2) is 0 Å². The fourth-order valence-corrected chi connectivity index (χ4v) is 2.02. The zero-order valence-electron chi connectivity index (χ0n) is 11.3. The van der Waals surface area contributed by atoms with Gasteiger partial charge in [0, 0.05) is 19.1 Å². The first-order valence-corrected chi connectivity index (χ1v) is 6.50. The van der Waals surface area contributed by atoms with Gasteiger partial charge in [-0.15, -0.1) is 5.10 Å². The molecule has 0 aliphatic carbocycles. The van der Waals surface area contributed by atoms with Crippen LogP contribution in [-0.4, -0.2) is 51.6 Å². The quantitative estimate of drug-likeness (QED) is 0.724. The number of carbonyl (C=O) groups is 1. The van der Waals surface area contributed by atoms with Crippen LogP contribution in [0.15, 0.2) is 0 Å². The summed E-state index contributed by atoms with van der Waals surface area (Å²) in [5.41, 5.74) is -0.617. The zero-order valence-corrected chi connectivity index (χ0v) is 11.3. The number of ether oxygens (including phenoxy) is 1. The topological polar surface area (TPSA) is 100 Å². The number of aliphatic hydroxyl groups is 1. The third-order valence-corrected chi connectivity index (χ3v) is 3.38. The van der Waals surface area contributed by atoms with Crippen molar-refractivity contribution in [1.82, 2.24) is 20.5 Å². The maximum atomic E-state index is 12.1. The fraction of sp³-hybridized carbons (Fsp3) is 0.750. The largest absolute Gasteiger partial charge is 0.394 e. The highest BCUT2D eigenvalue weighted by molar-refractivity contribution is 5.90. The van der Waals surface area contributed by atoms with Crippen molar-refractivity contribution in [3.05, 3.63) is 11.6 Å².